The lowest BCUT2D eigenvalue weighted by Gasteiger charge is -2.08. The quantitative estimate of drug-likeness (QED) is 0.942. The highest BCUT2D eigenvalue weighted by Crippen LogP contribution is 2.18. The first-order valence-corrected chi connectivity index (χ1v) is 6.19. The molecule has 2 rings (SSSR count). The van der Waals surface area contributed by atoms with Crippen molar-refractivity contribution in [2.75, 3.05) is 6.54 Å². The van der Waals surface area contributed by atoms with E-state index in [-0.39, 0.29) is 5.56 Å². The third-order valence-corrected chi connectivity index (χ3v) is 2.81. The number of hydrogen-bond acceptors (Lipinski definition) is 3. The Bertz CT molecular complexity index is 622. The van der Waals surface area contributed by atoms with E-state index in [1.165, 1.54) is 10.9 Å². The predicted octanol–water partition coefficient (Wildman–Crippen LogP) is 2.26. The van der Waals surface area contributed by atoms with Crippen molar-refractivity contribution in [1.29, 1.82) is 0 Å². The first-order chi connectivity index (χ1) is 9.88. The van der Waals surface area contributed by atoms with Crippen molar-refractivity contribution >= 4 is 5.91 Å². The van der Waals surface area contributed by atoms with Gasteiger partial charge in [-0.15, -0.1) is 0 Å². The Morgan fingerprint density at radius 1 is 1.38 bits per heavy atom. The van der Waals surface area contributed by atoms with Crippen LogP contribution in [0.25, 0.3) is 5.82 Å². The Kier molecular flexibility index (Phi) is 4.25. The molecule has 0 saturated carbocycles. The van der Waals surface area contributed by atoms with Crippen LogP contribution in [0.4, 0.5) is 13.2 Å². The van der Waals surface area contributed by atoms with Crippen molar-refractivity contribution < 1.29 is 18.0 Å². The van der Waals surface area contributed by atoms with E-state index in [2.05, 4.69) is 15.4 Å². The lowest BCUT2D eigenvalue weighted by Crippen LogP contribution is -2.28. The van der Waals surface area contributed by atoms with Crippen LogP contribution >= 0.6 is 0 Å². The molecule has 0 fully saturated rings. The molecule has 2 heterocycles. The fraction of sp³-hybridized carbons (Fsp3) is 0.308. The highest BCUT2D eigenvalue weighted by molar-refractivity contribution is 5.95. The largest absolute Gasteiger partial charge is 0.390 e. The Labute approximate surface area is 118 Å². The molecule has 0 atom stereocenters. The number of pyridine rings is 1. The summed E-state index contributed by atoms with van der Waals surface area (Å²) >= 11 is 0. The van der Waals surface area contributed by atoms with E-state index < -0.39 is 25.0 Å². The normalized spacial score (nSPS) is 11.4. The molecule has 1 N–H and O–H groups in total. The van der Waals surface area contributed by atoms with E-state index >= 15 is 0 Å². The van der Waals surface area contributed by atoms with Crippen LogP contribution in [0, 0.1) is 6.92 Å². The van der Waals surface area contributed by atoms with E-state index in [9.17, 15) is 18.0 Å². The number of rotatable bonds is 4. The molecular formula is C13H13F3N4O. The second-order valence-corrected chi connectivity index (χ2v) is 4.36. The summed E-state index contributed by atoms with van der Waals surface area (Å²) in [5.74, 6) is -0.0525. The van der Waals surface area contributed by atoms with Crippen LogP contribution in [0.15, 0.2) is 30.6 Å². The summed E-state index contributed by atoms with van der Waals surface area (Å²) < 4.78 is 37.6. The van der Waals surface area contributed by atoms with Crippen LogP contribution in [0.3, 0.4) is 0 Å². The van der Waals surface area contributed by atoms with Gasteiger partial charge in [-0.25, -0.2) is 9.67 Å². The van der Waals surface area contributed by atoms with E-state index in [0.717, 1.165) is 0 Å². The van der Waals surface area contributed by atoms with Crippen LogP contribution < -0.4 is 5.32 Å². The van der Waals surface area contributed by atoms with Crippen molar-refractivity contribution in [3.05, 3.63) is 41.9 Å². The van der Waals surface area contributed by atoms with Gasteiger partial charge < -0.3 is 5.32 Å². The second kappa shape index (κ2) is 5.94. The van der Waals surface area contributed by atoms with Gasteiger partial charge >= 0.3 is 6.18 Å². The third-order valence-electron chi connectivity index (χ3n) is 2.81. The zero-order chi connectivity index (χ0) is 15.5. The van der Waals surface area contributed by atoms with Crippen LogP contribution in [0.5, 0.6) is 0 Å². The summed E-state index contributed by atoms with van der Waals surface area (Å²) in [5.41, 5.74) is 0.737. The molecule has 0 aliphatic heterocycles. The number of hydrogen-bond donors (Lipinski definition) is 1. The van der Waals surface area contributed by atoms with Crippen molar-refractivity contribution in [3.63, 3.8) is 0 Å². The molecule has 2 aromatic rings. The number of nitrogens with one attached hydrogen (secondary N) is 1. The predicted molar refractivity (Wildman–Crippen MR) is 69.1 cm³/mol. The van der Waals surface area contributed by atoms with Crippen LogP contribution in [0.2, 0.25) is 0 Å². The maximum Gasteiger partial charge on any atom is 0.390 e. The molecule has 112 valence electrons. The van der Waals surface area contributed by atoms with Crippen molar-refractivity contribution in [1.82, 2.24) is 20.1 Å². The number of aromatic nitrogens is 3. The van der Waals surface area contributed by atoms with Gasteiger partial charge in [0.25, 0.3) is 5.91 Å². The summed E-state index contributed by atoms with van der Waals surface area (Å²) in [6, 6.07) is 5.23. The molecule has 0 spiro atoms. The number of carbonyl (C=O) groups is 1. The van der Waals surface area contributed by atoms with Gasteiger partial charge in [0.1, 0.15) is 0 Å². The minimum Gasteiger partial charge on any atom is -0.352 e. The second-order valence-electron chi connectivity index (χ2n) is 4.36. The lowest BCUT2D eigenvalue weighted by atomic mass is 10.2. The van der Waals surface area contributed by atoms with Gasteiger partial charge in [0.05, 0.1) is 23.9 Å². The molecule has 8 heteroatoms. The number of alkyl halides is 3. The summed E-state index contributed by atoms with van der Waals surface area (Å²) in [6.07, 6.45) is -2.46. The van der Waals surface area contributed by atoms with Gasteiger partial charge in [-0.1, -0.05) is 6.07 Å². The van der Waals surface area contributed by atoms with Crippen LogP contribution in [-0.2, 0) is 0 Å². The molecule has 0 aliphatic carbocycles. The highest BCUT2D eigenvalue weighted by Gasteiger charge is 2.27. The molecule has 0 aliphatic rings. The molecule has 2 aromatic heterocycles. The maximum atomic E-state index is 12.0. The van der Waals surface area contributed by atoms with Crippen LogP contribution in [0.1, 0.15) is 22.5 Å². The molecule has 0 unspecified atom stereocenters. The van der Waals surface area contributed by atoms with Crippen molar-refractivity contribution in [3.8, 4) is 5.82 Å². The Hall–Kier alpha value is -2.38. The van der Waals surface area contributed by atoms with Crippen LogP contribution in [-0.4, -0.2) is 33.4 Å². The molecule has 0 bridgehead atoms. The lowest BCUT2D eigenvalue weighted by molar-refractivity contribution is -0.132. The fourth-order valence-electron chi connectivity index (χ4n) is 1.76. The van der Waals surface area contributed by atoms with Gasteiger partial charge in [-0.2, -0.15) is 18.3 Å². The fourth-order valence-corrected chi connectivity index (χ4v) is 1.76. The highest BCUT2D eigenvalue weighted by atomic mass is 19.4. The number of halogens is 3. The minimum atomic E-state index is -4.29. The average Bonchev–Trinajstić information content (AvgIpc) is 2.80. The van der Waals surface area contributed by atoms with E-state index in [1.807, 2.05) is 0 Å². The molecule has 0 saturated heterocycles. The molecule has 21 heavy (non-hydrogen) atoms. The van der Waals surface area contributed by atoms with E-state index in [1.54, 1.807) is 31.3 Å². The number of nitrogens with zero attached hydrogens (tertiary/aromatic N) is 3. The zero-order valence-electron chi connectivity index (χ0n) is 11.2. The third kappa shape index (κ3) is 3.80. The number of carbonyl (C=O) groups excluding carboxylic acids is 1. The number of amides is 1. The minimum absolute atomic E-state index is 0.225. The first kappa shape index (κ1) is 15.0. The summed E-state index contributed by atoms with van der Waals surface area (Å²) in [7, 11) is 0. The zero-order valence-corrected chi connectivity index (χ0v) is 11.2. The van der Waals surface area contributed by atoms with Crippen molar-refractivity contribution in [2.45, 2.75) is 19.5 Å². The maximum absolute atomic E-state index is 12.0. The SMILES string of the molecule is Cc1c(C(=O)NCCC(F)(F)F)cnn1-c1ccccn1. The topological polar surface area (TPSA) is 59.8 Å². The Morgan fingerprint density at radius 3 is 2.76 bits per heavy atom. The molecule has 0 radical (unpaired) electrons. The van der Waals surface area contributed by atoms with Gasteiger partial charge in [0.15, 0.2) is 5.82 Å². The Balaban J connectivity index is 2.08. The Morgan fingerprint density at radius 2 is 2.14 bits per heavy atom. The first-order valence-electron chi connectivity index (χ1n) is 6.19. The summed E-state index contributed by atoms with van der Waals surface area (Å²) in [4.78, 5) is 15.9. The average molecular weight is 298 g/mol. The van der Waals surface area contributed by atoms with Gasteiger partial charge in [0.2, 0.25) is 0 Å². The molecular weight excluding hydrogens is 285 g/mol. The van der Waals surface area contributed by atoms with E-state index in [4.69, 9.17) is 0 Å². The standard InChI is InChI=1S/C13H13F3N4O/c1-9-10(12(21)18-7-5-13(14,15)16)8-19-20(9)11-4-2-3-6-17-11/h2-4,6,8H,5,7H2,1H3,(H,18,21). The summed E-state index contributed by atoms with van der Waals surface area (Å²) in [6.45, 7) is 1.19. The van der Waals surface area contributed by atoms with Gasteiger partial charge in [-0.05, 0) is 19.1 Å². The summed E-state index contributed by atoms with van der Waals surface area (Å²) in [5, 5.41) is 6.26. The van der Waals surface area contributed by atoms with Crippen molar-refractivity contribution in [2.24, 2.45) is 0 Å². The monoisotopic (exact) mass is 298 g/mol. The van der Waals surface area contributed by atoms with Gasteiger partial charge in [-0.3, -0.25) is 4.79 Å². The van der Waals surface area contributed by atoms with Gasteiger partial charge in [0, 0.05) is 12.7 Å². The van der Waals surface area contributed by atoms with E-state index in [0.29, 0.717) is 11.5 Å². The molecule has 0 aromatic carbocycles. The smallest absolute Gasteiger partial charge is 0.352 e. The molecule has 1 amide bonds. The molecule has 5 nitrogen and oxygen atoms in total.